The molecule has 0 saturated carbocycles. The second-order valence-corrected chi connectivity index (χ2v) is 3.36. The summed E-state index contributed by atoms with van der Waals surface area (Å²) in [5.41, 5.74) is 0.931. The summed E-state index contributed by atoms with van der Waals surface area (Å²) in [6.45, 7) is 0. The zero-order valence-corrected chi connectivity index (χ0v) is 9.25. The van der Waals surface area contributed by atoms with Crippen LogP contribution in [-0.4, -0.2) is 23.2 Å². The lowest BCUT2D eigenvalue weighted by atomic mass is 10.2. The average molecular weight is 239 g/mol. The highest BCUT2D eigenvalue weighted by molar-refractivity contribution is 7.75. The van der Waals surface area contributed by atoms with Crippen LogP contribution in [0.4, 0.5) is 0 Å². The van der Waals surface area contributed by atoms with E-state index >= 15 is 0 Å². The van der Waals surface area contributed by atoms with Gasteiger partial charge in [-0.2, -0.15) is 0 Å². The van der Waals surface area contributed by atoms with Crippen molar-refractivity contribution in [3.05, 3.63) is 23.9 Å². The number of aromatic hydroxyl groups is 1. The number of aromatic nitrogens is 1. The molecular weight excluding hydrogens is 230 g/mol. The highest BCUT2D eigenvalue weighted by Crippen LogP contribution is 2.32. The third-order valence-corrected chi connectivity index (χ3v) is 2.40. The van der Waals surface area contributed by atoms with Gasteiger partial charge in [0.2, 0.25) is 0 Å². The number of hydrogen-bond donors (Lipinski definition) is 3. The zero-order chi connectivity index (χ0) is 11.7. The molecule has 6 heteroatoms. The highest BCUT2D eigenvalue weighted by Gasteiger charge is 2.12. The molecule has 0 unspecified atom stereocenters. The Kier molecular flexibility index (Phi) is 2.66. The minimum Gasteiger partial charge on any atom is -0.504 e. The van der Waals surface area contributed by atoms with Gasteiger partial charge >= 0.3 is 5.97 Å². The highest BCUT2D eigenvalue weighted by atomic mass is 32.1. The molecule has 1 aromatic heterocycles. The number of benzene rings is 1. The number of carbonyl (C=O) groups excluding carboxylic acids is 1. The van der Waals surface area contributed by atoms with Crippen molar-refractivity contribution in [2.75, 3.05) is 7.11 Å². The molecule has 0 aliphatic rings. The van der Waals surface area contributed by atoms with Crippen molar-refractivity contribution in [1.29, 1.82) is 0 Å². The van der Waals surface area contributed by atoms with Crippen LogP contribution in [0.1, 0.15) is 10.5 Å². The minimum absolute atomic E-state index is 0.0548. The van der Waals surface area contributed by atoms with E-state index < -0.39 is 5.97 Å². The molecule has 0 saturated heterocycles. The number of ether oxygens (including phenoxy) is 1. The second kappa shape index (κ2) is 3.97. The number of thiol groups is 1. The monoisotopic (exact) mass is 239 g/mol. The van der Waals surface area contributed by atoms with Crippen LogP contribution in [0.3, 0.4) is 0 Å². The molecule has 2 aromatic rings. The van der Waals surface area contributed by atoms with Crippen LogP contribution in [0, 0.1) is 0 Å². The molecule has 0 atom stereocenters. The van der Waals surface area contributed by atoms with Gasteiger partial charge in [0, 0.05) is 24.4 Å². The Bertz CT molecular complexity index is 549. The van der Waals surface area contributed by atoms with Crippen molar-refractivity contribution in [3.63, 3.8) is 0 Å². The van der Waals surface area contributed by atoms with Crippen molar-refractivity contribution < 1.29 is 18.8 Å². The molecule has 84 valence electrons. The van der Waals surface area contributed by atoms with Gasteiger partial charge in [0.25, 0.3) is 0 Å². The van der Waals surface area contributed by atoms with Gasteiger partial charge in [-0.05, 0) is 12.1 Å². The fourth-order valence-corrected chi connectivity index (χ4v) is 1.59. The van der Waals surface area contributed by atoms with E-state index in [1.807, 2.05) is 0 Å². The molecule has 0 aliphatic heterocycles. The first-order chi connectivity index (χ1) is 7.65. The van der Waals surface area contributed by atoms with Crippen LogP contribution >= 0.6 is 12.9 Å². The van der Waals surface area contributed by atoms with Crippen molar-refractivity contribution in [3.8, 4) is 11.5 Å². The number of fused-ring (bicyclic) bond motifs is 1. The lowest BCUT2D eigenvalue weighted by Crippen LogP contribution is -2.00. The molecule has 0 amide bonds. The van der Waals surface area contributed by atoms with Crippen molar-refractivity contribution in [2.45, 2.75) is 0 Å². The molecule has 1 heterocycles. The van der Waals surface area contributed by atoms with Crippen LogP contribution in [-0.2, 0) is 4.74 Å². The van der Waals surface area contributed by atoms with E-state index in [4.69, 9.17) is 0 Å². The second-order valence-electron chi connectivity index (χ2n) is 3.17. The van der Waals surface area contributed by atoms with Gasteiger partial charge in [0.1, 0.15) is 5.69 Å². The fraction of sp³-hybridized carbons (Fsp3) is 0.100. The molecule has 2 N–H and O–H groups in total. The van der Waals surface area contributed by atoms with Gasteiger partial charge < -0.3 is 19.0 Å². The van der Waals surface area contributed by atoms with E-state index in [-0.39, 0.29) is 11.5 Å². The summed E-state index contributed by atoms with van der Waals surface area (Å²) in [5, 5.41) is 10.2. The molecule has 0 fully saturated rings. The number of hydrogen-bond acceptors (Lipinski definition) is 5. The molecule has 1 aromatic carbocycles. The van der Waals surface area contributed by atoms with E-state index in [2.05, 4.69) is 26.8 Å². The Morgan fingerprint density at radius 3 is 2.81 bits per heavy atom. The van der Waals surface area contributed by atoms with Crippen LogP contribution in [0.15, 0.2) is 18.2 Å². The number of rotatable bonds is 2. The Balaban J connectivity index is 2.58. The number of esters is 1. The number of aromatic amines is 1. The Morgan fingerprint density at radius 2 is 2.19 bits per heavy atom. The van der Waals surface area contributed by atoms with Crippen LogP contribution in [0.5, 0.6) is 11.5 Å². The molecule has 0 bridgehead atoms. The predicted molar refractivity (Wildman–Crippen MR) is 60.9 cm³/mol. The van der Waals surface area contributed by atoms with E-state index in [0.29, 0.717) is 11.2 Å². The van der Waals surface area contributed by atoms with E-state index in [1.165, 1.54) is 13.2 Å². The number of methoxy groups -OCH3 is 1. The van der Waals surface area contributed by atoms with Crippen molar-refractivity contribution in [1.82, 2.24) is 4.98 Å². The summed E-state index contributed by atoms with van der Waals surface area (Å²) in [5.74, 6) is -0.295. The largest absolute Gasteiger partial charge is 0.504 e. The summed E-state index contributed by atoms with van der Waals surface area (Å²) in [7, 11) is 1.30. The number of H-pyrrole nitrogens is 1. The molecule has 0 aliphatic carbocycles. The number of phenols is 1. The zero-order valence-electron chi connectivity index (χ0n) is 8.35. The summed E-state index contributed by atoms with van der Waals surface area (Å²) in [4.78, 5) is 14.1. The molecule has 0 radical (unpaired) electrons. The fourth-order valence-electron chi connectivity index (χ4n) is 1.44. The van der Waals surface area contributed by atoms with Gasteiger partial charge in [-0.1, -0.05) is 0 Å². The first-order valence-electron chi connectivity index (χ1n) is 4.41. The summed E-state index contributed by atoms with van der Waals surface area (Å²) >= 11 is 3.61. The van der Waals surface area contributed by atoms with Crippen LogP contribution in [0.2, 0.25) is 0 Å². The average Bonchev–Trinajstić information content (AvgIpc) is 2.69. The summed E-state index contributed by atoms with van der Waals surface area (Å²) < 4.78 is 9.24. The lowest BCUT2D eigenvalue weighted by molar-refractivity contribution is 0.0595. The van der Waals surface area contributed by atoms with Gasteiger partial charge in [-0.15, -0.1) is 0 Å². The molecular formula is C10H9NO4S. The lowest BCUT2D eigenvalue weighted by Gasteiger charge is -2.00. The summed E-state index contributed by atoms with van der Waals surface area (Å²) in [6.07, 6.45) is 0. The number of phenolic OH excluding ortho intramolecular Hbond substituents is 1. The minimum atomic E-state index is -0.468. The van der Waals surface area contributed by atoms with E-state index in [1.54, 1.807) is 12.1 Å². The topological polar surface area (TPSA) is 71.6 Å². The van der Waals surface area contributed by atoms with Crippen LogP contribution < -0.4 is 4.18 Å². The molecule has 2 rings (SSSR count). The Labute approximate surface area is 96.6 Å². The number of nitrogens with one attached hydrogen (secondary N) is 1. The predicted octanol–water partition coefficient (Wildman–Crippen LogP) is 1.88. The first kappa shape index (κ1) is 10.7. The molecule has 16 heavy (non-hydrogen) atoms. The normalized spacial score (nSPS) is 10.4. The first-order valence-corrected chi connectivity index (χ1v) is 4.77. The van der Waals surface area contributed by atoms with E-state index in [0.717, 1.165) is 5.39 Å². The van der Waals surface area contributed by atoms with Gasteiger partial charge in [-0.3, -0.25) is 0 Å². The Hall–Kier alpha value is -1.82. The maximum Gasteiger partial charge on any atom is 0.354 e. The quantitative estimate of drug-likeness (QED) is 0.425. The maximum absolute atomic E-state index is 11.3. The summed E-state index contributed by atoms with van der Waals surface area (Å²) in [6, 6.07) is 4.63. The van der Waals surface area contributed by atoms with Crippen molar-refractivity contribution >= 4 is 29.8 Å². The maximum atomic E-state index is 11.3. The molecule has 0 spiro atoms. The van der Waals surface area contributed by atoms with Crippen molar-refractivity contribution in [2.24, 2.45) is 0 Å². The SMILES string of the molecule is COC(=O)c1cc2cc(OS)c(O)cc2[nH]1. The molecule has 5 nitrogen and oxygen atoms in total. The van der Waals surface area contributed by atoms with Gasteiger partial charge in [0.05, 0.1) is 12.6 Å². The third-order valence-electron chi connectivity index (χ3n) is 2.20. The smallest absolute Gasteiger partial charge is 0.354 e. The standard InChI is InChI=1S/C10H9NO4S/c1-14-10(13)7-2-5-3-9(15-16)8(12)4-6(5)11-7/h2-4,11-12,16H,1H3. The van der Waals surface area contributed by atoms with E-state index in [9.17, 15) is 9.90 Å². The van der Waals surface area contributed by atoms with Gasteiger partial charge in [0.15, 0.2) is 11.5 Å². The Morgan fingerprint density at radius 1 is 1.44 bits per heavy atom. The van der Waals surface area contributed by atoms with Crippen LogP contribution in [0.25, 0.3) is 10.9 Å². The third kappa shape index (κ3) is 1.67. The van der Waals surface area contributed by atoms with Gasteiger partial charge in [-0.25, -0.2) is 4.79 Å². The number of carbonyl (C=O) groups is 1.